The summed E-state index contributed by atoms with van der Waals surface area (Å²) in [5.41, 5.74) is 4.36. The van der Waals surface area contributed by atoms with Gasteiger partial charge in [-0.25, -0.2) is 4.98 Å². The van der Waals surface area contributed by atoms with Gasteiger partial charge in [0.25, 0.3) is 0 Å². The van der Waals surface area contributed by atoms with Gasteiger partial charge in [0.1, 0.15) is 0 Å². The lowest BCUT2D eigenvalue weighted by molar-refractivity contribution is 1.25. The van der Waals surface area contributed by atoms with Crippen molar-refractivity contribution >= 4 is 54.1 Å². The lowest BCUT2D eigenvalue weighted by atomic mass is 9.84. The molecule has 3 aromatic heterocycles. The summed E-state index contributed by atoms with van der Waals surface area (Å²) in [5.74, 6) is 0. The molecule has 0 atom stereocenters. The van der Waals surface area contributed by atoms with Gasteiger partial charge in [-0.3, -0.25) is 9.97 Å². The maximum Gasteiger partial charge on any atom is 0.0972 e. The molecule has 3 heterocycles. The highest BCUT2D eigenvalue weighted by molar-refractivity contribution is 6.24. The first-order chi connectivity index (χ1) is 29.7. The fourth-order valence-corrected chi connectivity index (χ4v) is 7.25. The van der Waals surface area contributed by atoms with Gasteiger partial charge in [-0.15, -0.1) is 0 Å². The molecule has 0 aliphatic rings. The number of hydrogen-bond acceptors (Lipinski definition) is 3. The van der Waals surface area contributed by atoms with Gasteiger partial charge in [0.15, 0.2) is 0 Å². The summed E-state index contributed by atoms with van der Waals surface area (Å²) in [6.45, 7) is -2.37. The van der Waals surface area contributed by atoms with Crippen LogP contribution in [0.1, 0.15) is 20.8 Å². The standard InChI is InChI=1S/C48H31N3/c1-30-17-18-33-23-24-34-25-28-44(51-48(34)47(33)50-30)37-26-27-42(36-11-3-2-10-35(36)37)46-40-14-6-4-12-38(40)45(39-13-5-7-15-41(39)46)32-21-19-31(20-22-32)43-16-8-9-29-49-43/h2-29H,1H3/i1D3,8D,9D,16D,19D,20D,21D,22D,29D. The molecule has 0 unspecified atom stereocenters. The zero-order valence-electron chi connectivity index (χ0n) is 37.9. The Labute approximate surface area is 311 Å². The van der Waals surface area contributed by atoms with Crippen molar-refractivity contribution in [1.82, 2.24) is 15.0 Å². The molecule has 3 nitrogen and oxygen atoms in total. The topological polar surface area (TPSA) is 38.7 Å². The smallest absolute Gasteiger partial charge is 0.0972 e. The van der Waals surface area contributed by atoms with E-state index in [1.807, 2.05) is 97.1 Å². The van der Waals surface area contributed by atoms with Gasteiger partial charge in [-0.05, 0) is 85.6 Å². The molecule has 0 saturated heterocycles. The first-order valence-electron chi connectivity index (χ1n) is 22.0. The van der Waals surface area contributed by atoms with Crippen molar-refractivity contribution in [2.24, 2.45) is 0 Å². The van der Waals surface area contributed by atoms with Crippen LogP contribution in [-0.4, -0.2) is 15.0 Å². The van der Waals surface area contributed by atoms with E-state index in [0.29, 0.717) is 33.1 Å². The van der Waals surface area contributed by atoms with E-state index in [-0.39, 0.29) is 34.6 Å². The van der Waals surface area contributed by atoms with E-state index in [4.69, 9.17) is 17.3 Å². The minimum absolute atomic E-state index is 0.00285. The maximum atomic E-state index is 9.35. The Morgan fingerprint density at radius 1 is 0.451 bits per heavy atom. The van der Waals surface area contributed by atoms with Crippen molar-refractivity contribution in [2.45, 2.75) is 6.85 Å². The maximum absolute atomic E-state index is 9.35. The molecule has 0 aliphatic carbocycles. The Hall–Kier alpha value is -6.71. The summed E-state index contributed by atoms with van der Waals surface area (Å²) in [4.78, 5) is 13.7. The molecule has 0 bridgehead atoms. The molecular formula is C48H31N3. The highest BCUT2D eigenvalue weighted by Crippen LogP contribution is 2.46. The van der Waals surface area contributed by atoms with E-state index < -0.39 is 43.2 Å². The van der Waals surface area contributed by atoms with Gasteiger partial charge in [0.05, 0.1) is 33.4 Å². The average molecular weight is 661 g/mol. The van der Waals surface area contributed by atoms with Crippen molar-refractivity contribution < 1.29 is 15.1 Å². The van der Waals surface area contributed by atoms with E-state index in [9.17, 15) is 2.74 Å². The third kappa shape index (κ3) is 4.78. The summed E-state index contributed by atoms with van der Waals surface area (Å²) in [6, 6.07) is 35.2. The van der Waals surface area contributed by atoms with Gasteiger partial charge < -0.3 is 0 Å². The Bertz CT molecular complexity index is 3480. The quantitative estimate of drug-likeness (QED) is 0.139. The zero-order chi connectivity index (χ0) is 43.4. The number of pyridine rings is 3. The lowest BCUT2D eigenvalue weighted by Crippen LogP contribution is -1.94. The van der Waals surface area contributed by atoms with Crippen molar-refractivity contribution in [3.8, 4) is 44.8 Å². The predicted molar refractivity (Wildman–Crippen MR) is 214 cm³/mol. The number of aryl methyl sites for hydroxylation is 1. The molecule has 10 aromatic rings. The van der Waals surface area contributed by atoms with Crippen LogP contribution in [0.25, 0.3) is 98.9 Å². The molecule has 0 aliphatic heterocycles. The Morgan fingerprint density at radius 2 is 1.00 bits per heavy atom. The second kappa shape index (κ2) is 11.7. The number of hydrogen-bond donors (Lipinski definition) is 0. The van der Waals surface area contributed by atoms with Crippen molar-refractivity contribution in [2.75, 3.05) is 0 Å². The lowest BCUT2D eigenvalue weighted by Gasteiger charge is -2.19. The van der Waals surface area contributed by atoms with E-state index in [2.05, 4.69) is 22.1 Å². The zero-order valence-corrected chi connectivity index (χ0v) is 26.9. The first-order valence-corrected chi connectivity index (χ1v) is 16.5. The van der Waals surface area contributed by atoms with Gasteiger partial charge in [0.2, 0.25) is 0 Å². The third-order valence-electron chi connectivity index (χ3n) is 9.50. The highest BCUT2D eigenvalue weighted by atomic mass is 14.8. The molecule has 0 spiro atoms. The van der Waals surface area contributed by atoms with Crippen molar-refractivity contribution in [1.29, 1.82) is 0 Å². The molecule has 0 saturated carbocycles. The van der Waals surface area contributed by atoms with Crippen LogP contribution in [0.3, 0.4) is 0 Å². The fraction of sp³-hybridized carbons (Fsp3) is 0.0208. The molecule has 7 aromatic carbocycles. The Balaban J connectivity index is 1.21. The second-order valence-corrected chi connectivity index (χ2v) is 12.3. The van der Waals surface area contributed by atoms with Crippen LogP contribution in [0.15, 0.2) is 170 Å². The normalized spacial score (nSPS) is 14.9. The van der Waals surface area contributed by atoms with Gasteiger partial charge in [-0.2, -0.15) is 0 Å². The van der Waals surface area contributed by atoms with Gasteiger partial charge in [0, 0.05) is 37.9 Å². The Morgan fingerprint density at radius 3 is 1.69 bits per heavy atom. The fourth-order valence-electron chi connectivity index (χ4n) is 7.25. The number of nitrogens with zero attached hydrogens (tertiary/aromatic N) is 3. The molecule has 0 N–H and O–H groups in total. The number of benzene rings is 7. The molecule has 0 fully saturated rings. The number of fused-ring (bicyclic) bond motifs is 6. The predicted octanol–water partition coefficient (Wildman–Crippen LogP) is 12.6. The second-order valence-electron chi connectivity index (χ2n) is 12.3. The highest BCUT2D eigenvalue weighted by Gasteiger charge is 2.19. The van der Waals surface area contributed by atoms with Crippen LogP contribution in [0.4, 0.5) is 0 Å². The van der Waals surface area contributed by atoms with E-state index >= 15 is 0 Å². The summed E-state index contributed by atoms with van der Waals surface area (Å²) in [7, 11) is 0. The third-order valence-corrected chi connectivity index (χ3v) is 9.50. The number of aromatic nitrogens is 3. The first kappa shape index (κ1) is 20.1. The van der Waals surface area contributed by atoms with E-state index in [1.165, 1.54) is 6.07 Å². The van der Waals surface area contributed by atoms with Crippen LogP contribution < -0.4 is 0 Å². The summed E-state index contributed by atoms with van der Waals surface area (Å²) < 4.78 is 93.5. The molecule has 238 valence electrons. The van der Waals surface area contributed by atoms with Crippen LogP contribution >= 0.6 is 0 Å². The van der Waals surface area contributed by atoms with Crippen molar-refractivity contribution in [3.05, 3.63) is 175 Å². The van der Waals surface area contributed by atoms with Crippen LogP contribution in [-0.2, 0) is 0 Å². The average Bonchev–Trinajstić information content (AvgIpc) is 3.28. The monoisotopic (exact) mass is 660 g/mol. The van der Waals surface area contributed by atoms with Crippen molar-refractivity contribution in [3.63, 3.8) is 0 Å². The summed E-state index contributed by atoms with van der Waals surface area (Å²) in [6.07, 6.45) is -0.596. The van der Waals surface area contributed by atoms with Crippen LogP contribution in [0.5, 0.6) is 0 Å². The molecule has 3 heteroatoms. The summed E-state index contributed by atoms with van der Waals surface area (Å²) >= 11 is 0. The molecule has 51 heavy (non-hydrogen) atoms. The molecular weight excluding hydrogens is 619 g/mol. The van der Waals surface area contributed by atoms with E-state index in [0.717, 1.165) is 49.0 Å². The van der Waals surface area contributed by atoms with Gasteiger partial charge in [-0.1, -0.05) is 139 Å². The van der Waals surface area contributed by atoms with Crippen LogP contribution in [0.2, 0.25) is 0 Å². The molecule has 0 amide bonds. The molecule has 10 rings (SSSR count). The Kier molecular flexibility index (Phi) is 4.61. The largest absolute Gasteiger partial charge is 0.256 e. The van der Waals surface area contributed by atoms with Gasteiger partial charge >= 0.3 is 0 Å². The minimum atomic E-state index is -2.37. The molecule has 0 radical (unpaired) electrons. The number of rotatable bonds is 4. The van der Waals surface area contributed by atoms with E-state index in [1.54, 1.807) is 6.07 Å². The SMILES string of the molecule is [2H]c1nc(-c2c([2H])c([2H])c(-c3c4ccccc4c(-c4ccc(-c5ccc6ccc7ccc(C([2H])([2H])[2H])nc7c6n5)c5ccccc45)c4ccccc34)c([2H])c2[2H])c([2H])c([2H])c1[2H]. The van der Waals surface area contributed by atoms with Crippen LogP contribution in [0, 0.1) is 6.85 Å². The summed E-state index contributed by atoms with van der Waals surface area (Å²) in [5, 5.41) is 6.47. The minimum Gasteiger partial charge on any atom is -0.256 e.